The molecule has 0 saturated heterocycles. The zero-order valence-corrected chi connectivity index (χ0v) is 11.6. The van der Waals surface area contributed by atoms with E-state index in [0.717, 1.165) is 22.2 Å². The molecule has 3 aromatic rings. The second-order valence-electron chi connectivity index (χ2n) is 4.77. The van der Waals surface area contributed by atoms with E-state index >= 15 is 0 Å². The number of aliphatic hydroxyl groups is 1. The number of para-hydroxylation sites is 1. The van der Waals surface area contributed by atoms with Crippen LogP contribution in [0.15, 0.2) is 60.7 Å². The molecule has 0 aliphatic carbocycles. The van der Waals surface area contributed by atoms with Crippen molar-refractivity contribution in [3.05, 3.63) is 76.9 Å². The molecule has 3 rings (SSSR count). The van der Waals surface area contributed by atoms with Gasteiger partial charge in [0.1, 0.15) is 0 Å². The van der Waals surface area contributed by atoms with E-state index in [-0.39, 0.29) is 0 Å². The summed E-state index contributed by atoms with van der Waals surface area (Å²) in [4.78, 5) is 4.57. The van der Waals surface area contributed by atoms with Gasteiger partial charge in [0.05, 0.1) is 11.6 Å². The van der Waals surface area contributed by atoms with Gasteiger partial charge in [-0.05, 0) is 29.8 Å². The lowest BCUT2D eigenvalue weighted by molar-refractivity contribution is 0.177. The first-order chi connectivity index (χ1) is 9.72. The highest BCUT2D eigenvalue weighted by molar-refractivity contribution is 6.30. The SMILES string of the molecule is OC(Cc1ccc2ccccc2n1)c1ccc(Cl)cc1. The molecular formula is C17H14ClNO. The van der Waals surface area contributed by atoms with Crippen LogP contribution in [0.25, 0.3) is 10.9 Å². The van der Waals surface area contributed by atoms with Crippen molar-refractivity contribution in [3.8, 4) is 0 Å². The van der Waals surface area contributed by atoms with Crippen LogP contribution in [0.3, 0.4) is 0 Å². The highest BCUT2D eigenvalue weighted by atomic mass is 35.5. The van der Waals surface area contributed by atoms with Crippen LogP contribution in [0.1, 0.15) is 17.4 Å². The minimum atomic E-state index is -0.569. The maximum absolute atomic E-state index is 10.3. The number of halogens is 1. The zero-order valence-electron chi connectivity index (χ0n) is 10.8. The van der Waals surface area contributed by atoms with Gasteiger partial charge in [0.2, 0.25) is 0 Å². The Morgan fingerprint density at radius 2 is 1.70 bits per heavy atom. The van der Waals surface area contributed by atoms with Gasteiger partial charge in [-0.2, -0.15) is 0 Å². The Morgan fingerprint density at radius 1 is 0.950 bits per heavy atom. The number of hydrogen-bond donors (Lipinski definition) is 1. The fourth-order valence-corrected chi connectivity index (χ4v) is 2.35. The fourth-order valence-electron chi connectivity index (χ4n) is 2.22. The molecule has 0 radical (unpaired) electrons. The molecule has 1 unspecified atom stereocenters. The largest absolute Gasteiger partial charge is 0.388 e. The van der Waals surface area contributed by atoms with Crippen molar-refractivity contribution in [2.24, 2.45) is 0 Å². The van der Waals surface area contributed by atoms with Gasteiger partial charge in [0, 0.05) is 22.5 Å². The summed E-state index contributed by atoms with van der Waals surface area (Å²) in [7, 11) is 0. The molecular weight excluding hydrogens is 270 g/mol. The molecule has 1 N–H and O–H groups in total. The summed E-state index contributed by atoms with van der Waals surface area (Å²) < 4.78 is 0. The number of nitrogens with zero attached hydrogens (tertiary/aromatic N) is 1. The van der Waals surface area contributed by atoms with Crippen LogP contribution in [0.4, 0.5) is 0 Å². The van der Waals surface area contributed by atoms with Crippen LogP contribution in [0, 0.1) is 0 Å². The van der Waals surface area contributed by atoms with Gasteiger partial charge in [-0.15, -0.1) is 0 Å². The maximum atomic E-state index is 10.3. The smallest absolute Gasteiger partial charge is 0.0845 e. The molecule has 2 aromatic carbocycles. The van der Waals surface area contributed by atoms with Gasteiger partial charge in [0.15, 0.2) is 0 Å². The lowest BCUT2D eigenvalue weighted by atomic mass is 10.0. The molecule has 0 fully saturated rings. The van der Waals surface area contributed by atoms with Crippen molar-refractivity contribution < 1.29 is 5.11 Å². The number of aliphatic hydroxyl groups excluding tert-OH is 1. The average Bonchev–Trinajstić information content (AvgIpc) is 2.48. The molecule has 0 aliphatic heterocycles. The van der Waals surface area contributed by atoms with Gasteiger partial charge in [-0.25, -0.2) is 0 Å². The van der Waals surface area contributed by atoms with Crippen LogP contribution in [0.5, 0.6) is 0 Å². The van der Waals surface area contributed by atoms with E-state index in [1.54, 1.807) is 12.1 Å². The monoisotopic (exact) mass is 283 g/mol. The predicted octanol–water partition coefficient (Wildman–Crippen LogP) is 4.16. The molecule has 1 heterocycles. The summed E-state index contributed by atoms with van der Waals surface area (Å²) in [6, 6.07) is 19.2. The quantitative estimate of drug-likeness (QED) is 0.783. The third-order valence-corrected chi connectivity index (χ3v) is 3.57. The topological polar surface area (TPSA) is 33.1 Å². The second-order valence-corrected chi connectivity index (χ2v) is 5.20. The first kappa shape index (κ1) is 13.1. The van der Waals surface area contributed by atoms with Gasteiger partial charge in [-0.1, -0.05) is 48.0 Å². The molecule has 1 atom stereocenters. The lowest BCUT2D eigenvalue weighted by Gasteiger charge is -2.11. The van der Waals surface area contributed by atoms with Crippen molar-refractivity contribution in [1.29, 1.82) is 0 Å². The molecule has 3 heteroatoms. The predicted molar refractivity (Wildman–Crippen MR) is 81.9 cm³/mol. The number of benzene rings is 2. The van der Waals surface area contributed by atoms with Gasteiger partial charge in [0.25, 0.3) is 0 Å². The Hall–Kier alpha value is -1.90. The summed E-state index contributed by atoms with van der Waals surface area (Å²) in [5.41, 5.74) is 2.68. The van der Waals surface area contributed by atoms with Crippen molar-refractivity contribution in [1.82, 2.24) is 4.98 Å². The van der Waals surface area contributed by atoms with Gasteiger partial charge in [-0.3, -0.25) is 4.98 Å². The Kier molecular flexibility index (Phi) is 3.68. The molecule has 2 nitrogen and oxygen atoms in total. The molecule has 0 bridgehead atoms. The van der Waals surface area contributed by atoms with E-state index in [1.165, 1.54) is 0 Å². The van der Waals surface area contributed by atoms with Crippen molar-refractivity contribution in [2.45, 2.75) is 12.5 Å². The molecule has 100 valence electrons. The first-order valence-electron chi connectivity index (χ1n) is 6.50. The van der Waals surface area contributed by atoms with Crippen LogP contribution < -0.4 is 0 Å². The second kappa shape index (κ2) is 5.61. The molecule has 0 aliphatic rings. The zero-order chi connectivity index (χ0) is 13.9. The fraction of sp³-hybridized carbons (Fsp3) is 0.118. The summed E-state index contributed by atoms with van der Waals surface area (Å²) in [6.07, 6.45) is -0.0761. The van der Waals surface area contributed by atoms with Crippen LogP contribution in [0.2, 0.25) is 5.02 Å². The average molecular weight is 284 g/mol. The minimum absolute atomic E-state index is 0.493. The van der Waals surface area contributed by atoms with E-state index in [0.29, 0.717) is 11.4 Å². The standard InChI is InChI=1S/C17H14ClNO/c18-14-8-5-13(6-9-14)17(20)11-15-10-7-12-3-1-2-4-16(12)19-15/h1-10,17,20H,11H2. The third kappa shape index (κ3) is 2.82. The van der Waals surface area contributed by atoms with E-state index < -0.39 is 6.10 Å². The summed E-state index contributed by atoms with van der Waals surface area (Å²) in [5.74, 6) is 0. The van der Waals surface area contributed by atoms with Crippen molar-refractivity contribution in [2.75, 3.05) is 0 Å². The van der Waals surface area contributed by atoms with Gasteiger partial charge >= 0.3 is 0 Å². The Balaban J connectivity index is 1.83. The highest BCUT2D eigenvalue weighted by Crippen LogP contribution is 2.21. The first-order valence-corrected chi connectivity index (χ1v) is 6.88. The summed E-state index contributed by atoms with van der Waals surface area (Å²) in [6.45, 7) is 0. The van der Waals surface area contributed by atoms with E-state index in [4.69, 9.17) is 11.6 Å². The Bertz CT molecular complexity index is 724. The highest BCUT2D eigenvalue weighted by Gasteiger charge is 2.09. The number of pyridine rings is 1. The summed E-state index contributed by atoms with van der Waals surface area (Å²) in [5, 5.41) is 12.0. The molecule has 0 amide bonds. The lowest BCUT2D eigenvalue weighted by Crippen LogP contribution is -2.03. The van der Waals surface area contributed by atoms with E-state index in [2.05, 4.69) is 4.98 Å². The third-order valence-electron chi connectivity index (χ3n) is 3.31. The van der Waals surface area contributed by atoms with Crippen molar-refractivity contribution >= 4 is 22.5 Å². The van der Waals surface area contributed by atoms with Crippen LogP contribution in [-0.2, 0) is 6.42 Å². The number of aromatic nitrogens is 1. The Labute approximate surface area is 122 Å². The molecule has 1 aromatic heterocycles. The normalized spacial score (nSPS) is 12.5. The molecule has 0 spiro atoms. The van der Waals surface area contributed by atoms with E-state index in [1.807, 2.05) is 48.5 Å². The van der Waals surface area contributed by atoms with E-state index in [9.17, 15) is 5.11 Å². The number of hydrogen-bond acceptors (Lipinski definition) is 2. The molecule has 0 saturated carbocycles. The number of fused-ring (bicyclic) bond motifs is 1. The molecule has 20 heavy (non-hydrogen) atoms. The summed E-state index contributed by atoms with van der Waals surface area (Å²) >= 11 is 5.85. The Morgan fingerprint density at radius 3 is 2.50 bits per heavy atom. The van der Waals surface area contributed by atoms with Crippen molar-refractivity contribution in [3.63, 3.8) is 0 Å². The minimum Gasteiger partial charge on any atom is -0.388 e. The maximum Gasteiger partial charge on any atom is 0.0845 e. The number of rotatable bonds is 3. The van der Waals surface area contributed by atoms with Crippen LogP contribution >= 0.6 is 11.6 Å². The van der Waals surface area contributed by atoms with Gasteiger partial charge < -0.3 is 5.11 Å². The van der Waals surface area contributed by atoms with Crippen LogP contribution in [-0.4, -0.2) is 10.1 Å².